The van der Waals surface area contributed by atoms with E-state index in [1.807, 2.05) is 30.3 Å². The Morgan fingerprint density at radius 3 is 2.52 bits per heavy atom. The Hall–Kier alpha value is -3.02. The number of benzene rings is 2. The first-order chi connectivity index (χ1) is 10.3. The third-order valence-electron chi connectivity index (χ3n) is 3.17. The second-order valence-electron chi connectivity index (χ2n) is 4.54. The molecular formula is C15H12N4O2. The summed E-state index contributed by atoms with van der Waals surface area (Å²) in [5.74, 6) is 0. The Bertz CT molecular complexity index is 768. The van der Waals surface area contributed by atoms with E-state index in [4.69, 9.17) is 0 Å². The molecule has 21 heavy (non-hydrogen) atoms. The first-order valence-electron chi connectivity index (χ1n) is 6.42. The average molecular weight is 280 g/mol. The fourth-order valence-corrected chi connectivity index (χ4v) is 2.19. The van der Waals surface area contributed by atoms with E-state index in [0.717, 1.165) is 5.56 Å². The van der Waals surface area contributed by atoms with E-state index < -0.39 is 4.92 Å². The number of hydrogen-bond donors (Lipinski definition) is 0. The molecule has 0 aliphatic rings. The van der Waals surface area contributed by atoms with E-state index in [1.165, 1.54) is 6.07 Å². The first kappa shape index (κ1) is 13.0. The molecule has 0 atom stereocenters. The molecule has 104 valence electrons. The van der Waals surface area contributed by atoms with Gasteiger partial charge in [0.1, 0.15) is 0 Å². The molecule has 1 aromatic heterocycles. The van der Waals surface area contributed by atoms with Crippen molar-refractivity contribution < 1.29 is 4.92 Å². The Morgan fingerprint density at radius 2 is 1.76 bits per heavy atom. The van der Waals surface area contributed by atoms with Gasteiger partial charge in [-0.2, -0.15) is 0 Å². The smallest absolute Gasteiger partial charge is 0.258 e. The maximum atomic E-state index is 11.1. The summed E-state index contributed by atoms with van der Waals surface area (Å²) in [6.07, 6.45) is 1.55. The van der Waals surface area contributed by atoms with Crippen molar-refractivity contribution in [1.82, 2.24) is 15.0 Å². The summed E-state index contributed by atoms with van der Waals surface area (Å²) in [4.78, 5) is 10.7. The zero-order valence-corrected chi connectivity index (χ0v) is 11.1. The number of nitro benzene ring substituents is 1. The minimum atomic E-state index is -0.394. The van der Waals surface area contributed by atoms with Gasteiger partial charge in [-0.25, -0.2) is 4.68 Å². The highest BCUT2D eigenvalue weighted by Gasteiger charge is 2.18. The standard InChI is InChI=1S/C15H12N4O2/c20-19(21)14-9-5-4-8-13(14)15-10-16-17-18(15)11-12-6-2-1-3-7-12/h1-10H,11H2. The Kier molecular flexibility index (Phi) is 3.42. The van der Waals surface area contributed by atoms with Crippen molar-refractivity contribution in [2.45, 2.75) is 6.54 Å². The number of rotatable bonds is 4. The number of nitro groups is 1. The first-order valence-corrected chi connectivity index (χ1v) is 6.42. The van der Waals surface area contributed by atoms with Gasteiger partial charge in [0.25, 0.3) is 5.69 Å². The molecule has 0 amide bonds. The maximum Gasteiger partial charge on any atom is 0.278 e. The van der Waals surface area contributed by atoms with E-state index >= 15 is 0 Å². The van der Waals surface area contributed by atoms with Crippen LogP contribution in [0.15, 0.2) is 60.8 Å². The Labute approximate surface area is 120 Å². The topological polar surface area (TPSA) is 73.8 Å². The third kappa shape index (κ3) is 2.64. The molecular weight excluding hydrogens is 268 g/mol. The molecule has 0 N–H and O–H groups in total. The molecule has 1 heterocycles. The van der Waals surface area contributed by atoms with Crippen LogP contribution in [0.4, 0.5) is 5.69 Å². The van der Waals surface area contributed by atoms with Crippen molar-refractivity contribution in [3.63, 3.8) is 0 Å². The van der Waals surface area contributed by atoms with E-state index in [2.05, 4.69) is 10.3 Å². The Balaban J connectivity index is 2.02. The molecule has 0 fully saturated rings. The summed E-state index contributed by atoms with van der Waals surface area (Å²) in [6, 6.07) is 16.4. The molecule has 6 nitrogen and oxygen atoms in total. The number of aromatic nitrogens is 3. The van der Waals surface area contributed by atoms with Gasteiger partial charge in [-0.3, -0.25) is 10.1 Å². The molecule has 0 spiro atoms. The van der Waals surface area contributed by atoms with Gasteiger partial charge in [-0.05, 0) is 11.6 Å². The minimum absolute atomic E-state index is 0.0501. The van der Waals surface area contributed by atoms with Crippen LogP contribution in [0.3, 0.4) is 0 Å². The Morgan fingerprint density at radius 1 is 1.05 bits per heavy atom. The number of hydrogen-bond acceptors (Lipinski definition) is 4. The van der Waals surface area contributed by atoms with Crippen LogP contribution in [0.25, 0.3) is 11.3 Å². The van der Waals surface area contributed by atoms with Gasteiger partial charge in [0.2, 0.25) is 0 Å². The fourth-order valence-electron chi connectivity index (χ4n) is 2.19. The minimum Gasteiger partial charge on any atom is -0.258 e. The second kappa shape index (κ2) is 5.54. The molecule has 0 bridgehead atoms. The highest BCUT2D eigenvalue weighted by molar-refractivity contribution is 5.70. The number of nitrogens with zero attached hydrogens (tertiary/aromatic N) is 4. The zero-order valence-electron chi connectivity index (χ0n) is 11.1. The largest absolute Gasteiger partial charge is 0.278 e. The van der Waals surface area contributed by atoms with Gasteiger partial charge >= 0.3 is 0 Å². The van der Waals surface area contributed by atoms with Crippen LogP contribution in [0.5, 0.6) is 0 Å². The summed E-state index contributed by atoms with van der Waals surface area (Å²) >= 11 is 0. The lowest BCUT2D eigenvalue weighted by Gasteiger charge is -2.07. The summed E-state index contributed by atoms with van der Waals surface area (Å²) < 4.78 is 1.66. The third-order valence-corrected chi connectivity index (χ3v) is 3.17. The quantitative estimate of drug-likeness (QED) is 0.544. The van der Waals surface area contributed by atoms with Crippen molar-refractivity contribution in [3.05, 3.63) is 76.5 Å². The molecule has 2 aromatic carbocycles. The molecule has 0 aliphatic heterocycles. The summed E-state index contributed by atoms with van der Waals surface area (Å²) in [7, 11) is 0. The lowest BCUT2D eigenvalue weighted by Crippen LogP contribution is -2.05. The molecule has 0 aliphatic carbocycles. The summed E-state index contributed by atoms with van der Waals surface area (Å²) in [5.41, 5.74) is 2.26. The molecule has 0 saturated carbocycles. The highest BCUT2D eigenvalue weighted by Crippen LogP contribution is 2.28. The lowest BCUT2D eigenvalue weighted by atomic mass is 10.1. The molecule has 0 unspecified atom stereocenters. The van der Waals surface area contributed by atoms with Gasteiger partial charge in [0, 0.05) is 6.07 Å². The van der Waals surface area contributed by atoms with Crippen molar-refractivity contribution in [1.29, 1.82) is 0 Å². The van der Waals surface area contributed by atoms with Crippen LogP contribution in [0.2, 0.25) is 0 Å². The SMILES string of the molecule is O=[N+]([O-])c1ccccc1-c1cnnn1Cc1ccccc1. The van der Waals surface area contributed by atoms with Crippen molar-refractivity contribution in [2.24, 2.45) is 0 Å². The van der Waals surface area contributed by atoms with Gasteiger partial charge in [0.05, 0.1) is 28.9 Å². The number of para-hydroxylation sites is 1. The van der Waals surface area contributed by atoms with Crippen LogP contribution in [-0.2, 0) is 6.54 Å². The molecule has 0 saturated heterocycles. The maximum absolute atomic E-state index is 11.1. The van der Waals surface area contributed by atoms with Crippen LogP contribution in [-0.4, -0.2) is 19.9 Å². The van der Waals surface area contributed by atoms with Gasteiger partial charge < -0.3 is 0 Å². The second-order valence-corrected chi connectivity index (χ2v) is 4.54. The summed E-state index contributed by atoms with van der Waals surface area (Å²) in [5, 5.41) is 19.1. The predicted molar refractivity (Wildman–Crippen MR) is 77.7 cm³/mol. The van der Waals surface area contributed by atoms with Gasteiger partial charge in [-0.15, -0.1) is 5.10 Å². The van der Waals surface area contributed by atoms with E-state index in [9.17, 15) is 10.1 Å². The normalized spacial score (nSPS) is 10.5. The monoisotopic (exact) mass is 280 g/mol. The molecule has 6 heteroatoms. The zero-order chi connectivity index (χ0) is 14.7. The van der Waals surface area contributed by atoms with E-state index in [0.29, 0.717) is 17.8 Å². The average Bonchev–Trinajstić information content (AvgIpc) is 2.96. The summed E-state index contributed by atoms with van der Waals surface area (Å²) in [6.45, 7) is 0.516. The van der Waals surface area contributed by atoms with Crippen molar-refractivity contribution in [2.75, 3.05) is 0 Å². The molecule has 3 rings (SSSR count). The van der Waals surface area contributed by atoms with E-state index in [-0.39, 0.29) is 5.69 Å². The molecule has 0 radical (unpaired) electrons. The van der Waals surface area contributed by atoms with Crippen LogP contribution in [0, 0.1) is 10.1 Å². The molecule has 3 aromatic rings. The van der Waals surface area contributed by atoms with E-state index in [1.54, 1.807) is 29.1 Å². The van der Waals surface area contributed by atoms with Crippen LogP contribution < -0.4 is 0 Å². The van der Waals surface area contributed by atoms with Crippen LogP contribution in [0.1, 0.15) is 5.56 Å². The fraction of sp³-hybridized carbons (Fsp3) is 0.0667. The van der Waals surface area contributed by atoms with Gasteiger partial charge in [-0.1, -0.05) is 47.7 Å². The predicted octanol–water partition coefficient (Wildman–Crippen LogP) is 2.90. The van der Waals surface area contributed by atoms with Crippen molar-refractivity contribution >= 4 is 5.69 Å². The van der Waals surface area contributed by atoms with Crippen LogP contribution >= 0.6 is 0 Å². The van der Waals surface area contributed by atoms with Crippen molar-refractivity contribution in [3.8, 4) is 11.3 Å². The lowest BCUT2D eigenvalue weighted by molar-refractivity contribution is -0.384. The van der Waals surface area contributed by atoms with Gasteiger partial charge in [0.15, 0.2) is 0 Å². The highest BCUT2D eigenvalue weighted by atomic mass is 16.6.